The zero-order valence-electron chi connectivity index (χ0n) is 15.4. The smallest absolute Gasteiger partial charge is 0.249 e. The lowest BCUT2D eigenvalue weighted by Crippen LogP contribution is -2.27. The monoisotopic (exact) mass is 387 g/mol. The van der Waals surface area contributed by atoms with Crippen molar-refractivity contribution in [1.82, 2.24) is 20.1 Å². The van der Waals surface area contributed by atoms with Crippen LogP contribution in [0.1, 0.15) is 50.4 Å². The van der Waals surface area contributed by atoms with Crippen molar-refractivity contribution in [1.29, 1.82) is 0 Å². The Morgan fingerprint density at radius 1 is 1.19 bits per heavy atom. The van der Waals surface area contributed by atoms with Crippen molar-refractivity contribution in [3.05, 3.63) is 41.3 Å². The van der Waals surface area contributed by atoms with Crippen molar-refractivity contribution in [2.75, 3.05) is 18.5 Å². The summed E-state index contributed by atoms with van der Waals surface area (Å²) in [5, 5.41) is 9.22. The van der Waals surface area contributed by atoms with Gasteiger partial charge in [0.25, 0.3) is 0 Å². The van der Waals surface area contributed by atoms with E-state index in [0.29, 0.717) is 22.7 Å². The van der Waals surface area contributed by atoms with Crippen molar-refractivity contribution in [3.8, 4) is 0 Å². The fraction of sp³-hybridized carbons (Fsp3) is 0.474. The molecule has 1 aromatic carbocycles. The molecule has 27 heavy (non-hydrogen) atoms. The molecule has 8 heteroatoms. The van der Waals surface area contributed by atoms with E-state index >= 15 is 0 Å². The molecule has 1 N–H and O–H groups in total. The Hall–Kier alpha value is -2.25. The predicted octanol–water partition coefficient (Wildman–Crippen LogP) is 4.37. The lowest BCUT2D eigenvalue weighted by atomic mass is 9.91. The summed E-state index contributed by atoms with van der Waals surface area (Å²) in [6.07, 6.45) is 3.38. The van der Waals surface area contributed by atoms with E-state index in [1.165, 1.54) is 6.33 Å². The van der Waals surface area contributed by atoms with E-state index < -0.39 is 0 Å². The van der Waals surface area contributed by atoms with Crippen LogP contribution >= 0.6 is 11.6 Å². The summed E-state index contributed by atoms with van der Waals surface area (Å²) in [6.45, 7) is 5.56. The SMILES string of the molecule is CC(C)c1noc([C@@H](Nc2ncnc3cc(Cl)ccc23)C2CCOCC2)n1. The first kappa shape index (κ1) is 18.1. The van der Waals surface area contributed by atoms with Gasteiger partial charge in [-0.3, -0.25) is 0 Å². The number of anilines is 1. The molecule has 0 spiro atoms. The molecule has 4 rings (SSSR count). The van der Waals surface area contributed by atoms with Gasteiger partial charge in [0.05, 0.1) is 5.52 Å². The van der Waals surface area contributed by atoms with Gasteiger partial charge in [-0.05, 0) is 37.0 Å². The Bertz CT molecular complexity index is 923. The van der Waals surface area contributed by atoms with Gasteiger partial charge in [0, 0.05) is 29.5 Å². The molecule has 7 nitrogen and oxygen atoms in total. The Balaban J connectivity index is 1.70. The van der Waals surface area contributed by atoms with Crippen LogP contribution in [0.15, 0.2) is 29.0 Å². The second kappa shape index (κ2) is 7.78. The summed E-state index contributed by atoms with van der Waals surface area (Å²) in [7, 11) is 0. The van der Waals surface area contributed by atoms with E-state index in [1.807, 2.05) is 32.0 Å². The second-order valence-electron chi connectivity index (χ2n) is 7.10. The average Bonchev–Trinajstić information content (AvgIpc) is 3.17. The van der Waals surface area contributed by atoms with Gasteiger partial charge in [-0.1, -0.05) is 30.6 Å². The third-order valence-corrected chi connectivity index (χ3v) is 5.10. The van der Waals surface area contributed by atoms with E-state index in [1.54, 1.807) is 0 Å². The lowest BCUT2D eigenvalue weighted by molar-refractivity contribution is 0.0571. The Morgan fingerprint density at radius 3 is 2.74 bits per heavy atom. The molecule has 0 saturated carbocycles. The van der Waals surface area contributed by atoms with Gasteiger partial charge in [-0.15, -0.1) is 0 Å². The summed E-state index contributed by atoms with van der Waals surface area (Å²) in [6, 6.07) is 5.46. The largest absolute Gasteiger partial charge is 0.381 e. The van der Waals surface area contributed by atoms with Crippen LogP contribution in [0.5, 0.6) is 0 Å². The number of aromatic nitrogens is 4. The van der Waals surface area contributed by atoms with Crippen LogP contribution in [0.25, 0.3) is 10.9 Å². The van der Waals surface area contributed by atoms with Crippen LogP contribution in [-0.2, 0) is 4.74 Å². The quantitative estimate of drug-likeness (QED) is 0.695. The maximum absolute atomic E-state index is 6.10. The van der Waals surface area contributed by atoms with Crippen LogP contribution < -0.4 is 5.32 Å². The minimum atomic E-state index is -0.136. The van der Waals surface area contributed by atoms with Crippen LogP contribution in [0.4, 0.5) is 5.82 Å². The molecule has 1 aliphatic rings. The Morgan fingerprint density at radius 2 is 2.00 bits per heavy atom. The van der Waals surface area contributed by atoms with Crippen molar-refractivity contribution in [2.24, 2.45) is 5.92 Å². The molecule has 1 atom stereocenters. The molecular formula is C19H22ClN5O2. The number of halogens is 1. The minimum Gasteiger partial charge on any atom is -0.381 e. The number of nitrogens with zero attached hydrogens (tertiary/aromatic N) is 4. The Labute approximate surface area is 162 Å². The first-order valence-corrected chi connectivity index (χ1v) is 9.57. The van der Waals surface area contributed by atoms with E-state index in [4.69, 9.17) is 20.9 Å². The number of rotatable bonds is 5. The molecule has 1 aliphatic heterocycles. The normalized spacial score (nSPS) is 16.7. The molecule has 0 aliphatic carbocycles. The summed E-state index contributed by atoms with van der Waals surface area (Å²) < 4.78 is 11.1. The predicted molar refractivity (Wildman–Crippen MR) is 103 cm³/mol. The van der Waals surface area contributed by atoms with Gasteiger partial charge in [0.1, 0.15) is 18.2 Å². The molecule has 0 unspecified atom stereocenters. The molecular weight excluding hydrogens is 366 g/mol. The number of hydrogen-bond acceptors (Lipinski definition) is 7. The number of nitrogens with one attached hydrogen (secondary N) is 1. The van der Waals surface area contributed by atoms with Gasteiger partial charge in [-0.2, -0.15) is 4.98 Å². The zero-order chi connectivity index (χ0) is 18.8. The molecule has 3 heterocycles. The van der Waals surface area contributed by atoms with Gasteiger partial charge in [-0.25, -0.2) is 9.97 Å². The Kier molecular flexibility index (Phi) is 5.22. The van der Waals surface area contributed by atoms with E-state index in [0.717, 1.165) is 42.8 Å². The van der Waals surface area contributed by atoms with Gasteiger partial charge >= 0.3 is 0 Å². The minimum absolute atomic E-state index is 0.136. The average molecular weight is 388 g/mol. The van der Waals surface area contributed by atoms with Gasteiger partial charge < -0.3 is 14.6 Å². The number of fused-ring (bicyclic) bond motifs is 1. The highest BCUT2D eigenvalue weighted by atomic mass is 35.5. The van der Waals surface area contributed by atoms with Crippen LogP contribution in [0.2, 0.25) is 5.02 Å². The summed E-state index contributed by atoms with van der Waals surface area (Å²) in [4.78, 5) is 13.4. The number of hydrogen-bond donors (Lipinski definition) is 1. The summed E-state index contributed by atoms with van der Waals surface area (Å²) in [5.74, 6) is 2.56. The fourth-order valence-electron chi connectivity index (χ4n) is 3.33. The van der Waals surface area contributed by atoms with E-state index in [-0.39, 0.29) is 12.0 Å². The molecule has 0 amide bonds. The first-order chi connectivity index (χ1) is 13.1. The molecule has 1 fully saturated rings. The number of ether oxygens (including phenoxy) is 1. The first-order valence-electron chi connectivity index (χ1n) is 9.20. The topological polar surface area (TPSA) is 86.0 Å². The van der Waals surface area contributed by atoms with Gasteiger partial charge in [0.15, 0.2) is 5.82 Å². The second-order valence-corrected chi connectivity index (χ2v) is 7.54. The zero-order valence-corrected chi connectivity index (χ0v) is 16.1. The maximum atomic E-state index is 6.10. The highest BCUT2D eigenvalue weighted by Gasteiger charge is 2.31. The highest BCUT2D eigenvalue weighted by molar-refractivity contribution is 6.31. The molecule has 0 radical (unpaired) electrons. The summed E-state index contributed by atoms with van der Waals surface area (Å²) in [5.41, 5.74) is 0.791. The lowest BCUT2D eigenvalue weighted by Gasteiger charge is -2.29. The van der Waals surface area contributed by atoms with Crippen molar-refractivity contribution in [2.45, 2.75) is 38.6 Å². The maximum Gasteiger partial charge on any atom is 0.249 e. The van der Waals surface area contributed by atoms with Crippen molar-refractivity contribution < 1.29 is 9.26 Å². The van der Waals surface area contributed by atoms with Crippen LogP contribution in [-0.4, -0.2) is 33.3 Å². The fourth-order valence-corrected chi connectivity index (χ4v) is 3.50. The van der Waals surface area contributed by atoms with Gasteiger partial charge in [0.2, 0.25) is 5.89 Å². The standard InChI is InChI=1S/C19H22ClN5O2/c1-11(2)17-24-19(27-25-17)16(12-5-7-26-8-6-12)23-18-14-4-3-13(20)9-15(14)21-10-22-18/h3-4,9-12,16H,5-8H2,1-2H3,(H,21,22,23)/t16-/m0/s1. The molecule has 3 aromatic rings. The molecule has 2 aromatic heterocycles. The third kappa shape index (κ3) is 3.89. The molecule has 142 valence electrons. The third-order valence-electron chi connectivity index (χ3n) is 4.87. The number of benzene rings is 1. The summed E-state index contributed by atoms with van der Waals surface area (Å²) >= 11 is 6.10. The van der Waals surface area contributed by atoms with Crippen molar-refractivity contribution >= 4 is 28.3 Å². The van der Waals surface area contributed by atoms with Crippen molar-refractivity contribution in [3.63, 3.8) is 0 Å². The van der Waals surface area contributed by atoms with E-state index in [9.17, 15) is 0 Å². The van der Waals surface area contributed by atoms with E-state index in [2.05, 4.69) is 25.4 Å². The highest BCUT2D eigenvalue weighted by Crippen LogP contribution is 2.34. The van der Waals surface area contributed by atoms with Crippen LogP contribution in [0.3, 0.4) is 0 Å². The molecule has 0 bridgehead atoms. The van der Waals surface area contributed by atoms with Crippen LogP contribution in [0, 0.1) is 5.92 Å². The molecule has 1 saturated heterocycles.